The first-order valence-corrected chi connectivity index (χ1v) is 4.55. The number of hydrogen-bond acceptors (Lipinski definition) is 3. The zero-order chi connectivity index (χ0) is 8.77. The van der Waals surface area contributed by atoms with E-state index in [1.807, 2.05) is 0 Å². The van der Waals surface area contributed by atoms with E-state index in [0.717, 1.165) is 13.1 Å². The molecule has 0 saturated carbocycles. The SMILES string of the molecule is COC1OC1N1CCC(C)(C)C1. The van der Waals surface area contributed by atoms with Gasteiger partial charge in [-0.05, 0) is 11.8 Å². The molecule has 0 aromatic heterocycles. The maximum Gasteiger partial charge on any atom is 0.199 e. The van der Waals surface area contributed by atoms with E-state index in [2.05, 4.69) is 18.7 Å². The summed E-state index contributed by atoms with van der Waals surface area (Å²) in [5.41, 5.74) is 0.463. The van der Waals surface area contributed by atoms with Gasteiger partial charge >= 0.3 is 0 Å². The molecule has 2 rings (SSSR count). The lowest BCUT2D eigenvalue weighted by molar-refractivity contribution is 0.0949. The van der Waals surface area contributed by atoms with Gasteiger partial charge in [-0.25, -0.2) is 0 Å². The predicted molar refractivity (Wildman–Crippen MR) is 45.6 cm³/mol. The molecule has 0 aliphatic carbocycles. The van der Waals surface area contributed by atoms with Crippen LogP contribution in [0.1, 0.15) is 20.3 Å². The maximum absolute atomic E-state index is 5.35. The average molecular weight is 171 g/mol. The second-order valence-electron chi connectivity index (χ2n) is 4.52. The minimum absolute atomic E-state index is 0.0406. The monoisotopic (exact) mass is 171 g/mol. The number of rotatable bonds is 2. The summed E-state index contributed by atoms with van der Waals surface area (Å²) in [5.74, 6) is 0. The second kappa shape index (κ2) is 2.69. The van der Waals surface area contributed by atoms with Gasteiger partial charge in [0.15, 0.2) is 12.5 Å². The van der Waals surface area contributed by atoms with Crippen LogP contribution >= 0.6 is 0 Å². The zero-order valence-electron chi connectivity index (χ0n) is 8.04. The Morgan fingerprint density at radius 1 is 1.50 bits per heavy atom. The van der Waals surface area contributed by atoms with Crippen molar-refractivity contribution in [1.29, 1.82) is 0 Å². The highest BCUT2D eigenvalue weighted by Crippen LogP contribution is 2.36. The molecule has 0 aromatic carbocycles. The Morgan fingerprint density at radius 3 is 2.67 bits per heavy atom. The van der Waals surface area contributed by atoms with Crippen LogP contribution in [0.5, 0.6) is 0 Å². The van der Waals surface area contributed by atoms with Crippen molar-refractivity contribution in [3.8, 4) is 0 Å². The van der Waals surface area contributed by atoms with Crippen molar-refractivity contribution in [1.82, 2.24) is 4.90 Å². The van der Waals surface area contributed by atoms with Gasteiger partial charge in [-0.15, -0.1) is 0 Å². The highest BCUT2D eigenvalue weighted by atomic mass is 16.8. The first-order valence-electron chi connectivity index (χ1n) is 4.55. The average Bonchev–Trinajstić information content (AvgIpc) is 2.70. The molecule has 3 heteroatoms. The van der Waals surface area contributed by atoms with E-state index >= 15 is 0 Å². The summed E-state index contributed by atoms with van der Waals surface area (Å²) >= 11 is 0. The molecule has 0 N–H and O–H groups in total. The first-order chi connectivity index (χ1) is 5.62. The molecule has 2 aliphatic rings. The molecule has 0 amide bonds. The molecular formula is C9H17NO2. The molecule has 2 aliphatic heterocycles. The topological polar surface area (TPSA) is 25.0 Å². The van der Waals surface area contributed by atoms with Crippen molar-refractivity contribution in [3.63, 3.8) is 0 Å². The van der Waals surface area contributed by atoms with Crippen molar-refractivity contribution in [2.75, 3.05) is 20.2 Å². The number of hydrogen-bond donors (Lipinski definition) is 0. The van der Waals surface area contributed by atoms with Gasteiger partial charge in [0.2, 0.25) is 0 Å². The fourth-order valence-electron chi connectivity index (χ4n) is 1.89. The van der Waals surface area contributed by atoms with Gasteiger partial charge in [-0.3, -0.25) is 4.90 Å². The van der Waals surface area contributed by atoms with Gasteiger partial charge in [0.05, 0.1) is 0 Å². The van der Waals surface area contributed by atoms with E-state index in [-0.39, 0.29) is 12.5 Å². The zero-order valence-corrected chi connectivity index (χ0v) is 8.04. The molecule has 2 atom stereocenters. The third kappa shape index (κ3) is 1.49. The summed E-state index contributed by atoms with van der Waals surface area (Å²) < 4.78 is 10.4. The minimum Gasteiger partial charge on any atom is -0.352 e. The Morgan fingerprint density at radius 2 is 2.25 bits per heavy atom. The van der Waals surface area contributed by atoms with Crippen LogP contribution in [-0.2, 0) is 9.47 Å². The molecule has 2 fully saturated rings. The van der Waals surface area contributed by atoms with Crippen molar-refractivity contribution < 1.29 is 9.47 Å². The molecule has 0 bridgehead atoms. The van der Waals surface area contributed by atoms with Crippen molar-refractivity contribution in [2.24, 2.45) is 5.41 Å². The summed E-state index contributed by atoms with van der Waals surface area (Å²) in [4.78, 5) is 2.37. The summed E-state index contributed by atoms with van der Waals surface area (Å²) in [5, 5.41) is 0. The normalized spacial score (nSPS) is 40.2. The Kier molecular flexibility index (Phi) is 1.90. The molecule has 70 valence electrons. The molecule has 2 saturated heterocycles. The predicted octanol–water partition coefficient (Wildman–Crippen LogP) is 1.05. The Balaban J connectivity index is 1.85. The smallest absolute Gasteiger partial charge is 0.199 e. The van der Waals surface area contributed by atoms with E-state index < -0.39 is 0 Å². The maximum atomic E-state index is 5.35. The number of ether oxygens (including phenoxy) is 2. The molecule has 0 radical (unpaired) electrons. The Bertz CT molecular complexity index is 181. The lowest BCUT2D eigenvalue weighted by atomic mass is 9.93. The fourth-order valence-corrected chi connectivity index (χ4v) is 1.89. The van der Waals surface area contributed by atoms with Gasteiger partial charge in [0, 0.05) is 20.2 Å². The highest BCUT2D eigenvalue weighted by molar-refractivity contribution is 4.89. The molecule has 3 nitrogen and oxygen atoms in total. The number of epoxide rings is 1. The summed E-state index contributed by atoms with van der Waals surface area (Å²) in [6.07, 6.45) is 1.55. The van der Waals surface area contributed by atoms with Crippen LogP contribution in [0, 0.1) is 5.41 Å². The Labute approximate surface area is 73.6 Å². The van der Waals surface area contributed by atoms with Crippen LogP contribution in [0.2, 0.25) is 0 Å². The minimum atomic E-state index is 0.0406. The summed E-state index contributed by atoms with van der Waals surface area (Å²) in [7, 11) is 1.70. The quantitative estimate of drug-likeness (QED) is 0.580. The summed E-state index contributed by atoms with van der Waals surface area (Å²) in [6, 6.07) is 0. The van der Waals surface area contributed by atoms with E-state index in [1.54, 1.807) is 7.11 Å². The Hall–Kier alpha value is -0.120. The van der Waals surface area contributed by atoms with Gasteiger partial charge in [-0.1, -0.05) is 13.8 Å². The van der Waals surface area contributed by atoms with E-state index in [1.165, 1.54) is 6.42 Å². The lowest BCUT2D eigenvalue weighted by Gasteiger charge is -2.17. The van der Waals surface area contributed by atoms with E-state index in [4.69, 9.17) is 9.47 Å². The van der Waals surface area contributed by atoms with Crippen molar-refractivity contribution in [3.05, 3.63) is 0 Å². The number of methoxy groups -OCH3 is 1. The van der Waals surface area contributed by atoms with Gasteiger partial charge < -0.3 is 9.47 Å². The highest BCUT2D eigenvalue weighted by Gasteiger charge is 2.47. The molecular weight excluding hydrogens is 154 g/mol. The van der Waals surface area contributed by atoms with Crippen LogP contribution in [-0.4, -0.2) is 37.6 Å². The third-order valence-electron chi connectivity index (χ3n) is 2.73. The van der Waals surface area contributed by atoms with Crippen LogP contribution < -0.4 is 0 Å². The first kappa shape index (κ1) is 8.48. The summed E-state index contributed by atoms with van der Waals surface area (Å²) in [6.45, 7) is 6.89. The van der Waals surface area contributed by atoms with Crippen LogP contribution in [0.25, 0.3) is 0 Å². The van der Waals surface area contributed by atoms with Crippen LogP contribution in [0.15, 0.2) is 0 Å². The van der Waals surface area contributed by atoms with Gasteiger partial charge in [0.25, 0.3) is 0 Å². The standard InChI is InChI=1S/C9H17NO2/c1-9(2)4-5-10(6-9)7-8(11-3)12-7/h7-8H,4-6H2,1-3H3. The van der Waals surface area contributed by atoms with Crippen LogP contribution in [0.4, 0.5) is 0 Å². The lowest BCUT2D eigenvalue weighted by Crippen LogP contribution is -2.28. The molecule has 2 heterocycles. The van der Waals surface area contributed by atoms with Crippen molar-refractivity contribution in [2.45, 2.75) is 32.8 Å². The third-order valence-corrected chi connectivity index (χ3v) is 2.73. The largest absolute Gasteiger partial charge is 0.352 e. The van der Waals surface area contributed by atoms with Crippen LogP contribution in [0.3, 0.4) is 0 Å². The van der Waals surface area contributed by atoms with E-state index in [0.29, 0.717) is 5.41 Å². The van der Waals surface area contributed by atoms with E-state index in [9.17, 15) is 0 Å². The molecule has 12 heavy (non-hydrogen) atoms. The second-order valence-corrected chi connectivity index (χ2v) is 4.52. The molecule has 2 unspecified atom stereocenters. The van der Waals surface area contributed by atoms with Gasteiger partial charge in [-0.2, -0.15) is 0 Å². The molecule has 0 spiro atoms. The van der Waals surface area contributed by atoms with Crippen molar-refractivity contribution >= 4 is 0 Å². The number of likely N-dealkylation sites (tertiary alicyclic amines) is 1. The fraction of sp³-hybridized carbons (Fsp3) is 1.00. The van der Waals surface area contributed by atoms with Gasteiger partial charge in [0.1, 0.15) is 0 Å². The number of nitrogens with zero attached hydrogens (tertiary/aromatic N) is 1. The molecule has 0 aromatic rings.